The van der Waals surface area contributed by atoms with Crippen LogP contribution < -0.4 is 5.32 Å². The van der Waals surface area contributed by atoms with Crippen LogP contribution in [0.15, 0.2) is 33.8 Å². The Balaban J connectivity index is 2.88. The van der Waals surface area contributed by atoms with E-state index in [1.54, 1.807) is 0 Å². The lowest BCUT2D eigenvalue weighted by atomic mass is 9.90. The number of hydrogen-bond acceptors (Lipinski definition) is 1. The van der Waals surface area contributed by atoms with Crippen LogP contribution in [0.25, 0.3) is 0 Å². The van der Waals surface area contributed by atoms with E-state index in [-0.39, 0.29) is 5.54 Å². The topological polar surface area (TPSA) is 40.0 Å². The van der Waals surface area contributed by atoms with Crippen LogP contribution in [0.4, 0.5) is 0 Å². The third kappa shape index (κ3) is 5.37. The highest BCUT2D eigenvalue weighted by Gasteiger charge is 2.23. The van der Waals surface area contributed by atoms with Gasteiger partial charge >= 0.3 is 0 Å². The van der Waals surface area contributed by atoms with Gasteiger partial charge in [0.2, 0.25) is 5.96 Å². The number of aliphatic imine (C=N–C) groups is 2. The summed E-state index contributed by atoms with van der Waals surface area (Å²) in [5.41, 5.74) is 1.29. The summed E-state index contributed by atoms with van der Waals surface area (Å²) in [4.78, 5) is 11.2. The Labute approximate surface area is 129 Å². The number of nitrogens with zero attached hydrogens (tertiary/aromatic N) is 3. The molecule has 0 unspecified atom stereocenters. The Kier molecular flexibility index (Phi) is 6.66. The van der Waals surface area contributed by atoms with Gasteiger partial charge in [0.25, 0.3) is 0 Å². The van der Waals surface area contributed by atoms with Crippen molar-refractivity contribution in [2.75, 3.05) is 20.6 Å². The van der Waals surface area contributed by atoms with E-state index in [0.717, 1.165) is 37.6 Å². The molecule has 118 valence electrons. The van der Waals surface area contributed by atoms with Crippen molar-refractivity contribution in [3.8, 4) is 0 Å². The molecule has 0 saturated carbocycles. The van der Waals surface area contributed by atoms with Crippen LogP contribution in [0.3, 0.4) is 0 Å². The molecule has 21 heavy (non-hydrogen) atoms. The minimum atomic E-state index is -0.110. The van der Waals surface area contributed by atoms with Crippen molar-refractivity contribution in [2.24, 2.45) is 9.98 Å². The average Bonchev–Trinajstić information content (AvgIpc) is 2.45. The Morgan fingerprint density at radius 3 is 2.48 bits per heavy atom. The van der Waals surface area contributed by atoms with E-state index in [4.69, 9.17) is 0 Å². The zero-order valence-electron chi connectivity index (χ0n) is 14.4. The minimum Gasteiger partial charge on any atom is -0.366 e. The van der Waals surface area contributed by atoms with Crippen molar-refractivity contribution < 1.29 is 0 Å². The van der Waals surface area contributed by atoms with E-state index in [9.17, 15) is 0 Å². The lowest BCUT2D eigenvalue weighted by Gasteiger charge is -2.30. The third-order valence-corrected chi connectivity index (χ3v) is 3.63. The molecule has 0 saturated heterocycles. The van der Waals surface area contributed by atoms with Crippen molar-refractivity contribution in [1.29, 1.82) is 0 Å². The fourth-order valence-corrected chi connectivity index (χ4v) is 2.25. The number of guanidine groups is 1. The van der Waals surface area contributed by atoms with E-state index >= 15 is 0 Å². The fourth-order valence-electron chi connectivity index (χ4n) is 2.25. The lowest BCUT2D eigenvalue weighted by Crippen LogP contribution is -2.45. The SMILES string of the molecule is CC/N=C(\N=C(/CC)N(C)C)N[C@]1(C)C=CC(CC)=CC1. The van der Waals surface area contributed by atoms with Gasteiger partial charge in [0.15, 0.2) is 0 Å². The summed E-state index contributed by atoms with van der Waals surface area (Å²) >= 11 is 0. The maximum Gasteiger partial charge on any atom is 0.220 e. The van der Waals surface area contributed by atoms with E-state index in [1.807, 2.05) is 25.9 Å². The molecule has 0 aliphatic heterocycles. The van der Waals surface area contributed by atoms with Gasteiger partial charge in [0.1, 0.15) is 5.84 Å². The van der Waals surface area contributed by atoms with Gasteiger partial charge in [-0.15, -0.1) is 0 Å². The Hall–Kier alpha value is -1.58. The predicted octanol–water partition coefficient (Wildman–Crippen LogP) is 3.38. The van der Waals surface area contributed by atoms with E-state index < -0.39 is 0 Å². The van der Waals surface area contributed by atoms with Crippen LogP contribution in [0, 0.1) is 0 Å². The highest BCUT2D eigenvalue weighted by atomic mass is 15.2. The van der Waals surface area contributed by atoms with Crippen molar-refractivity contribution in [2.45, 2.75) is 52.5 Å². The summed E-state index contributed by atoms with van der Waals surface area (Å²) in [6.45, 7) is 9.25. The van der Waals surface area contributed by atoms with Crippen molar-refractivity contribution in [3.05, 3.63) is 23.8 Å². The molecule has 4 nitrogen and oxygen atoms in total. The third-order valence-electron chi connectivity index (χ3n) is 3.63. The van der Waals surface area contributed by atoms with Gasteiger partial charge in [0.05, 0.1) is 5.54 Å². The molecule has 0 heterocycles. The van der Waals surface area contributed by atoms with Gasteiger partial charge in [-0.2, -0.15) is 0 Å². The minimum absolute atomic E-state index is 0.110. The maximum absolute atomic E-state index is 4.69. The number of allylic oxidation sites excluding steroid dienone is 2. The molecule has 1 aliphatic carbocycles. The number of hydrogen-bond donors (Lipinski definition) is 1. The number of nitrogens with one attached hydrogen (secondary N) is 1. The average molecular weight is 290 g/mol. The van der Waals surface area contributed by atoms with Crippen LogP contribution in [-0.4, -0.2) is 42.9 Å². The zero-order chi connectivity index (χ0) is 15.9. The molecular formula is C17H30N4. The molecule has 0 aromatic heterocycles. The molecule has 0 radical (unpaired) electrons. The molecular weight excluding hydrogens is 260 g/mol. The first kappa shape index (κ1) is 17.5. The lowest BCUT2D eigenvalue weighted by molar-refractivity contribution is 0.515. The Bertz CT molecular complexity index is 457. The number of rotatable bonds is 4. The molecule has 0 bridgehead atoms. The van der Waals surface area contributed by atoms with Gasteiger partial charge in [-0.25, -0.2) is 4.99 Å². The van der Waals surface area contributed by atoms with Gasteiger partial charge < -0.3 is 10.2 Å². The summed E-state index contributed by atoms with van der Waals surface area (Å²) in [5, 5.41) is 3.50. The summed E-state index contributed by atoms with van der Waals surface area (Å²) < 4.78 is 0. The monoisotopic (exact) mass is 290 g/mol. The molecule has 1 N–H and O–H groups in total. The second-order valence-electron chi connectivity index (χ2n) is 5.79. The summed E-state index contributed by atoms with van der Waals surface area (Å²) in [6.07, 6.45) is 9.68. The van der Waals surface area contributed by atoms with Crippen LogP contribution in [0.5, 0.6) is 0 Å². The first-order valence-corrected chi connectivity index (χ1v) is 7.89. The first-order chi connectivity index (χ1) is 9.94. The van der Waals surface area contributed by atoms with Crippen molar-refractivity contribution in [3.63, 3.8) is 0 Å². The second-order valence-corrected chi connectivity index (χ2v) is 5.79. The quantitative estimate of drug-likeness (QED) is 0.637. The van der Waals surface area contributed by atoms with Crippen LogP contribution >= 0.6 is 0 Å². The molecule has 1 aliphatic rings. The predicted molar refractivity (Wildman–Crippen MR) is 93.1 cm³/mol. The second kappa shape index (κ2) is 8.01. The molecule has 0 spiro atoms. The van der Waals surface area contributed by atoms with Gasteiger partial charge in [-0.3, -0.25) is 4.99 Å². The summed E-state index contributed by atoms with van der Waals surface area (Å²) in [6, 6.07) is 0. The first-order valence-electron chi connectivity index (χ1n) is 7.89. The van der Waals surface area contributed by atoms with Gasteiger partial charge in [-0.1, -0.05) is 37.6 Å². The Morgan fingerprint density at radius 2 is 2.05 bits per heavy atom. The van der Waals surface area contributed by atoms with Crippen LogP contribution in [0.2, 0.25) is 0 Å². The van der Waals surface area contributed by atoms with E-state index in [1.165, 1.54) is 5.57 Å². The standard InChI is InChI=1S/C17H30N4/c1-7-14-10-12-17(4,13-11-14)20-16(18-9-3)19-15(8-2)21(5)6/h10-12H,7-9,13H2,1-6H3,(H,18,20)/b19-15+/t17-/m1/s1. The molecule has 0 amide bonds. The van der Waals surface area contributed by atoms with Crippen molar-refractivity contribution in [1.82, 2.24) is 10.2 Å². The Morgan fingerprint density at radius 1 is 1.33 bits per heavy atom. The smallest absolute Gasteiger partial charge is 0.220 e. The summed E-state index contributed by atoms with van der Waals surface area (Å²) in [7, 11) is 4.04. The van der Waals surface area contributed by atoms with Gasteiger partial charge in [0, 0.05) is 27.1 Å². The molecule has 4 heteroatoms. The number of amidine groups is 1. The highest BCUT2D eigenvalue weighted by molar-refractivity contribution is 5.96. The molecule has 0 aromatic rings. The van der Waals surface area contributed by atoms with Gasteiger partial charge in [-0.05, 0) is 26.7 Å². The van der Waals surface area contributed by atoms with E-state index in [0.29, 0.717) is 0 Å². The molecule has 0 fully saturated rings. The zero-order valence-corrected chi connectivity index (χ0v) is 14.4. The van der Waals surface area contributed by atoms with Crippen LogP contribution in [0.1, 0.15) is 47.0 Å². The molecule has 1 rings (SSSR count). The highest BCUT2D eigenvalue weighted by Crippen LogP contribution is 2.22. The molecule has 0 aromatic carbocycles. The molecule has 1 atom stereocenters. The van der Waals surface area contributed by atoms with Crippen molar-refractivity contribution >= 4 is 11.8 Å². The summed E-state index contributed by atoms with van der Waals surface area (Å²) in [5.74, 6) is 1.76. The van der Waals surface area contributed by atoms with Crippen LogP contribution in [-0.2, 0) is 0 Å². The maximum atomic E-state index is 4.69. The fraction of sp³-hybridized carbons (Fsp3) is 0.647. The largest absolute Gasteiger partial charge is 0.366 e. The normalized spacial score (nSPS) is 23.0. The van der Waals surface area contributed by atoms with E-state index in [2.05, 4.69) is 54.3 Å².